The van der Waals surface area contributed by atoms with Crippen molar-refractivity contribution in [1.82, 2.24) is 19.7 Å². The number of aliphatic imine (C=N–C) groups is 1. The minimum atomic E-state index is -2.95. The van der Waals surface area contributed by atoms with Gasteiger partial charge in [0, 0.05) is 54.9 Å². The predicted molar refractivity (Wildman–Crippen MR) is 203 cm³/mol. The van der Waals surface area contributed by atoms with E-state index in [4.69, 9.17) is 14.7 Å². The highest BCUT2D eigenvalue weighted by atomic mass is 32.1. The standard InChI is InChI=1S/C42H37F2N5O4S/c1-42(43,44)29-15-11-26(12-16-29)31-7-3-4-9-33(31)39(51)47-21-19-28(20-22-47)38-45-36(25-54-38)40(52)49-24-37(50)48-23-34(27-13-17-30(53-2)18-14-27)32-8-5-6-10-35(32)46-41(48)49/h3-18,25,28,34H,19-24H2,1-2H3. The zero-order valence-electron chi connectivity index (χ0n) is 29.7. The first-order valence-electron chi connectivity index (χ1n) is 17.9. The Morgan fingerprint density at radius 3 is 2.31 bits per heavy atom. The van der Waals surface area contributed by atoms with Crippen LogP contribution in [0.3, 0.4) is 0 Å². The quantitative estimate of drug-likeness (QED) is 0.168. The fourth-order valence-electron chi connectivity index (χ4n) is 7.48. The van der Waals surface area contributed by atoms with Gasteiger partial charge >= 0.3 is 0 Å². The molecule has 4 aromatic carbocycles. The molecule has 12 heteroatoms. The molecule has 0 radical (unpaired) electrons. The molecule has 3 amide bonds. The molecule has 4 heterocycles. The highest BCUT2D eigenvalue weighted by Crippen LogP contribution is 2.39. The van der Waals surface area contributed by atoms with Gasteiger partial charge in [-0.2, -0.15) is 0 Å². The van der Waals surface area contributed by atoms with Crippen molar-refractivity contribution in [3.8, 4) is 16.9 Å². The molecule has 0 aliphatic carbocycles. The van der Waals surface area contributed by atoms with Gasteiger partial charge in [-0.1, -0.05) is 72.8 Å². The number of methoxy groups -OCH3 is 1. The maximum Gasteiger partial charge on any atom is 0.280 e. The van der Waals surface area contributed by atoms with Gasteiger partial charge in [0.05, 0.1) is 17.8 Å². The van der Waals surface area contributed by atoms with Gasteiger partial charge in [-0.25, -0.2) is 18.8 Å². The molecule has 0 spiro atoms. The summed E-state index contributed by atoms with van der Waals surface area (Å²) in [6.45, 7) is 2.08. The Bertz CT molecular complexity index is 2260. The van der Waals surface area contributed by atoms with Crippen LogP contribution < -0.4 is 4.74 Å². The smallest absolute Gasteiger partial charge is 0.280 e. The van der Waals surface area contributed by atoms with Gasteiger partial charge in [0.2, 0.25) is 11.9 Å². The molecule has 5 aromatic rings. The van der Waals surface area contributed by atoms with Crippen molar-refractivity contribution in [2.24, 2.45) is 4.99 Å². The summed E-state index contributed by atoms with van der Waals surface area (Å²) in [5.41, 5.74) is 4.75. The number of nitrogens with zero attached hydrogens (tertiary/aromatic N) is 5. The Balaban J connectivity index is 0.957. The number of halogens is 2. The lowest BCUT2D eigenvalue weighted by Gasteiger charge is -2.31. The molecule has 2 saturated heterocycles. The molecule has 8 rings (SSSR count). The summed E-state index contributed by atoms with van der Waals surface area (Å²) in [7, 11) is 1.62. The number of amides is 3. The summed E-state index contributed by atoms with van der Waals surface area (Å²) in [5.74, 6) is -2.72. The van der Waals surface area contributed by atoms with E-state index in [-0.39, 0.29) is 47.4 Å². The van der Waals surface area contributed by atoms with Gasteiger partial charge in [0.15, 0.2) is 0 Å². The van der Waals surface area contributed by atoms with Crippen molar-refractivity contribution < 1.29 is 27.9 Å². The van der Waals surface area contributed by atoms with Crippen LogP contribution in [0.2, 0.25) is 0 Å². The first kappa shape index (κ1) is 35.3. The number of thiazole rings is 1. The van der Waals surface area contributed by atoms with Gasteiger partial charge in [-0.15, -0.1) is 11.3 Å². The van der Waals surface area contributed by atoms with Crippen LogP contribution in [-0.4, -0.2) is 76.7 Å². The third kappa shape index (κ3) is 6.66. The third-order valence-corrected chi connectivity index (χ3v) is 11.5. The second-order valence-corrected chi connectivity index (χ2v) is 14.7. The summed E-state index contributed by atoms with van der Waals surface area (Å²) in [5, 5.41) is 2.55. The molecule has 3 aliphatic rings. The highest BCUT2D eigenvalue weighted by molar-refractivity contribution is 7.10. The fraction of sp³-hybridized carbons (Fsp3) is 0.262. The Morgan fingerprint density at radius 2 is 1.59 bits per heavy atom. The summed E-state index contributed by atoms with van der Waals surface area (Å²) in [4.78, 5) is 55.8. The van der Waals surface area contributed by atoms with Crippen LogP contribution in [0.25, 0.3) is 11.1 Å². The Hall–Kier alpha value is -5.75. The molecule has 0 saturated carbocycles. The van der Waals surface area contributed by atoms with Crippen LogP contribution in [0.15, 0.2) is 107 Å². The minimum Gasteiger partial charge on any atom is -0.497 e. The van der Waals surface area contributed by atoms with Crippen molar-refractivity contribution in [1.29, 1.82) is 0 Å². The maximum atomic E-state index is 14.0. The Morgan fingerprint density at radius 1 is 0.889 bits per heavy atom. The number of fused-ring (bicyclic) bond motifs is 2. The number of ether oxygens (including phenoxy) is 1. The van der Waals surface area contributed by atoms with E-state index >= 15 is 0 Å². The SMILES string of the molecule is COc1ccc(C2CN3C(=O)CN(C(=O)c4csc(C5CCN(C(=O)c6ccccc6-c6ccc(C(C)(F)F)cc6)CC5)n4)C3=Nc3ccccc32)cc1. The number of guanidine groups is 1. The minimum absolute atomic E-state index is 0.0585. The molecule has 3 aliphatic heterocycles. The first-order chi connectivity index (χ1) is 26.1. The summed E-state index contributed by atoms with van der Waals surface area (Å²) in [6.07, 6.45) is 1.34. The monoisotopic (exact) mass is 745 g/mol. The normalized spacial score (nSPS) is 17.5. The third-order valence-electron chi connectivity index (χ3n) is 10.5. The number of likely N-dealkylation sites (tertiary alicyclic amines) is 1. The molecule has 1 aromatic heterocycles. The number of carbonyl (C=O) groups is 3. The van der Waals surface area contributed by atoms with Crippen LogP contribution in [-0.2, 0) is 10.7 Å². The number of hydrogen-bond acceptors (Lipinski definition) is 7. The number of benzene rings is 4. The molecule has 1 unspecified atom stereocenters. The van der Waals surface area contributed by atoms with Gasteiger partial charge in [-0.05, 0) is 59.4 Å². The topological polar surface area (TPSA) is 95.4 Å². The zero-order valence-corrected chi connectivity index (χ0v) is 30.6. The van der Waals surface area contributed by atoms with E-state index in [2.05, 4.69) is 0 Å². The lowest BCUT2D eigenvalue weighted by atomic mass is 9.90. The first-order valence-corrected chi connectivity index (χ1v) is 18.7. The zero-order chi connectivity index (χ0) is 37.6. The van der Waals surface area contributed by atoms with Crippen molar-refractivity contribution in [2.45, 2.75) is 37.5 Å². The summed E-state index contributed by atoms with van der Waals surface area (Å²) in [6, 6.07) is 28.8. The second kappa shape index (κ2) is 14.2. The maximum absolute atomic E-state index is 14.0. The number of piperidine rings is 1. The summed E-state index contributed by atoms with van der Waals surface area (Å²) < 4.78 is 33.0. The lowest BCUT2D eigenvalue weighted by Crippen LogP contribution is -2.39. The Labute approximate surface area is 315 Å². The molecule has 54 heavy (non-hydrogen) atoms. The van der Waals surface area contributed by atoms with Crippen molar-refractivity contribution in [3.63, 3.8) is 0 Å². The lowest BCUT2D eigenvalue weighted by molar-refractivity contribution is -0.125. The molecule has 1 atom stereocenters. The second-order valence-electron chi connectivity index (χ2n) is 13.8. The van der Waals surface area contributed by atoms with E-state index in [0.29, 0.717) is 60.8 Å². The van der Waals surface area contributed by atoms with Crippen LogP contribution in [0.4, 0.5) is 14.5 Å². The predicted octanol–water partition coefficient (Wildman–Crippen LogP) is 8.07. The average Bonchev–Trinajstić information content (AvgIpc) is 3.76. The fourth-order valence-corrected chi connectivity index (χ4v) is 8.45. The van der Waals surface area contributed by atoms with E-state index < -0.39 is 5.92 Å². The van der Waals surface area contributed by atoms with E-state index in [1.165, 1.54) is 28.4 Å². The largest absolute Gasteiger partial charge is 0.497 e. The van der Waals surface area contributed by atoms with E-state index in [0.717, 1.165) is 28.8 Å². The van der Waals surface area contributed by atoms with Gasteiger partial charge in [0.25, 0.3) is 17.7 Å². The van der Waals surface area contributed by atoms with Crippen LogP contribution in [0.1, 0.15) is 74.1 Å². The molecule has 274 valence electrons. The number of rotatable bonds is 7. The number of aromatic nitrogens is 1. The number of alkyl halides is 2. The number of para-hydroxylation sites is 1. The molecule has 9 nitrogen and oxygen atoms in total. The van der Waals surface area contributed by atoms with Crippen molar-refractivity contribution in [2.75, 3.05) is 33.3 Å². The van der Waals surface area contributed by atoms with Crippen molar-refractivity contribution >= 4 is 40.7 Å². The van der Waals surface area contributed by atoms with Crippen LogP contribution in [0.5, 0.6) is 5.75 Å². The summed E-state index contributed by atoms with van der Waals surface area (Å²) >= 11 is 1.41. The average molecular weight is 746 g/mol. The molecular weight excluding hydrogens is 709 g/mol. The molecular formula is C42H37F2N5O4S. The van der Waals surface area contributed by atoms with Gasteiger partial charge in [0.1, 0.15) is 18.0 Å². The van der Waals surface area contributed by atoms with E-state index in [1.807, 2.05) is 65.6 Å². The number of hydrogen-bond donors (Lipinski definition) is 0. The van der Waals surface area contributed by atoms with E-state index in [1.54, 1.807) is 41.7 Å². The molecule has 0 N–H and O–H groups in total. The van der Waals surface area contributed by atoms with E-state index in [9.17, 15) is 23.2 Å². The van der Waals surface area contributed by atoms with Gasteiger partial charge < -0.3 is 9.64 Å². The van der Waals surface area contributed by atoms with Crippen LogP contribution in [0, 0.1) is 0 Å². The van der Waals surface area contributed by atoms with Crippen molar-refractivity contribution in [3.05, 3.63) is 135 Å². The van der Waals surface area contributed by atoms with Crippen LogP contribution >= 0.6 is 11.3 Å². The molecule has 0 bridgehead atoms. The number of carbonyl (C=O) groups excluding carboxylic acids is 3. The Kier molecular flexibility index (Phi) is 9.31. The van der Waals surface area contributed by atoms with Gasteiger partial charge in [-0.3, -0.25) is 24.2 Å². The highest BCUT2D eigenvalue weighted by Gasteiger charge is 2.42. The molecule has 2 fully saturated rings.